The van der Waals surface area contributed by atoms with Crippen molar-refractivity contribution >= 4 is 35.6 Å². The molecule has 3 amide bonds. The first-order chi connectivity index (χ1) is 20.0. The summed E-state index contributed by atoms with van der Waals surface area (Å²) < 4.78 is 15.9. The zero-order chi connectivity index (χ0) is 32.6. The number of rotatable bonds is 16. The van der Waals surface area contributed by atoms with Gasteiger partial charge in [-0.1, -0.05) is 30.3 Å². The van der Waals surface area contributed by atoms with E-state index in [1.807, 2.05) is 18.2 Å². The van der Waals surface area contributed by atoms with Crippen molar-refractivity contribution in [3.8, 4) is 0 Å². The Morgan fingerprint density at radius 1 is 0.721 bits per heavy atom. The molecule has 0 spiro atoms. The average Bonchev–Trinajstić information content (AvgIpc) is 2.89. The van der Waals surface area contributed by atoms with Gasteiger partial charge in [0.1, 0.15) is 36.4 Å². The predicted molar refractivity (Wildman–Crippen MR) is 157 cm³/mol. The zero-order valence-electron chi connectivity index (χ0n) is 26.2. The van der Waals surface area contributed by atoms with Crippen LogP contribution in [0.1, 0.15) is 72.8 Å². The fourth-order valence-corrected chi connectivity index (χ4v) is 3.55. The van der Waals surface area contributed by atoms with Crippen LogP contribution in [0.5, 0.6) is 0 Å². The number of benzene rings is 1. The molecule has 240 valence electrons. The van der Waals surface area contributed by atoms with Gasteiger partial charge in [0.2, 0.25) is 17.7 Å². The van der Waals surface area contributed by atoms with Gasteiger partial charge in [0, 0.05) is 12.8 Å². The number of carbonyl (C=O) groups is 6. The molecular weight excluding hydrogens is 560 g/mol. The fourth-order valence-electron chi connectivity index (χ4n) is 3.55. The van der Waals surface area contributed by atoms with Crippen LogP contribution in [0.2, 0.25) is 0 Å². The second-order valence-corrected chi connectivity index (χ2v) is 11.8. The molecule has 0 bridgehead atoms. The van der Waals surface area contributed by atoms with Gasteiger partial charge in [-0.3, -0.25) is 24.0 Å². The largest absolute Gasteiger partial charge is 0.460 e. The van der Waals surface area contributed by atoms with Gasteiger partial charge in [0.05, 0.1) is 6.54 Å². The van der Waals surface area contributed by atoms with E-state index in [0.29, 0.717) is 0 Å². The Morgan fingerprint density at radius 2 is 1.33 bits per heavy atom. The lowest BCUT2D eigenvalue weighted by atomic mass is 10.1. The van der Waals surface area contributed by atoms with E-state index in [9.17, 15) is 28.8 Å². The number of esters is 3. The third-order valence-corrected chi connectivity index (χ3v) is 5.39. The van der Waals surface area contributed by atoms with Crippen LogP contribution in [0.3, 0.4) is 0 Å². The summed E-state index contributed by atoms with van der Waals surface area (Å²) in [7, 11) is 1.55. The lowest BCUT2D eigenvalue weighted by Crippen LogP contribution is -2.53. The highest BCUT2D eigenvalue weighted by molar-refractivity contribution is 5.92. The van der Waals surface area contributed by atoms with E-state index in [0.717, 1.165) is 5.56 Å². The number of hydrogen-bond acceptors (Lipinski definition) is 10. The summed E-state index contributed by atoms with van der Waals surface area (Å²) >= 11 is 0. The third-order valence-electron chi connectivity index (χ3n) is 5.39. The summed E-state index contributed by atoms with van der Waals surface area (Å²) in [5.41, 5.74) is -0.805. The molecule has 0 heterocycles. The van der Waals surface area contributed by atoms with Crippen LogP contribution < -0.4 is 21.3 Å². The van der Waals surface area contributed by atoms with Gasteiger partial charge < -0.3 is 35.5 Å². The lowest BCUT2D eigenvalue weighted by Gasteiger charge is -2.26. The first-order valence-electron chi connectivity index (χ1n) is 14.1. The molecular formula is C30H46N4O9. The SMILES string of the molecule is CNCC(=O)NC(CCC(=O)NCC(=O)OCc1ccccc1)C(=O)NC(CCC(=O)OC(C)(C)C)C(=O)OC(C)(C)C. The maximum atomic E-state index is 13.3. The Balaban J connectivity index is 2.84. The van der Waals surface area contributed by atoms with Gasteiger partial charge in [-0.2, -0.15) is 0 Å². The van der Waals surface area contributed by atoms with E-state index < -0.39 is 58.9 Å². The Morgan fingerprint density at radius 3 is 1.91 bits per heavy atom. The molecule has 13 nitrogen and oxygen atoms in total. The highest BCUT2D eigenvalue weighted by Gasteiger charge is 2.31. The van der Waals surface area contributed by atoms with Crippen molar-refractivity contribution in [1.29, 1.82) is 0 Å². The summed E-state index contributed by atoms with van der Waals surface area (Å²) in [6.45, 7) is 9.69. The van der Waals surface area contributed by atoms with Crippen molar-refractivity contribution in [3.63, 3.8) is 0 Å². The highest BCUT2D eigenvalue weighted by Crippen LogP contribution is 2.14. The van der Waals surface area contributed by atoms with Crippen molar-refractivity contribution in [2.75, 3.05) is 20.1 Å². The summed E-state index contributed by atoms with van der Waals surface area (Å²) in [5.74, 6) is -3.79. The van der Waals surface area contributed by atoms with Crippen LogP contribution >= 0.6 is 0 Å². The number of amides is 3. The summed E-state index contributed by atoms with van der Waals surface area (Å²) in [5, 5.41) is 10.2. The molecule has 13 heteroatoms. The average molecular weight is 607 g/mol. The first kappa shape index (κ1) is 37.0. The third kappa shape index (κ3) is 17.5. The van der Waals surface area contributed by atoms with Crippen LogP contribution in [0.4, 0.5) is 0 Å². The molecule has 0 saturated carbocycles. The molecule has 2 atom stereocenters. The maximum Gasteiger partial charge on any atom is 0.329 e. The summed E-state index contributed by atoms with van der Waals surface area (Å²) in [6, 6.07) is 6.61. The molecule has 0 aliphatic rings. The Hall–Kier alpha value is -4.00. The van der Waals surface area contributed by atoms with Crippen molar-refractivity contribution in [3.05, 3.63) is 35.9 Å². The Labute approximate surface area is 253 Å². The fraction of sp³-hybridized carbons (Fsp3) is 0.600. The van der Waals surface area contributed by atoms with Crippen molar-refractivity contribution in [1.82, 2.24) is 21.3 Å². The first-order valence-corrected chi connectivity index (χ1v) is 14.1. The van der Waals surface area contributed by atoms with Gasteiger partial charge in [-0.15, -0.1) is 0 Å². The summed E-state index contributed by atoms with van der Waals surface area (Å²) in [6.07, 6.45) is -0.655. The van der Waals surface area contributed by atoms with E-state index in [-0.39, 0.29) is 45.4 Å². The number of carbonyl (C=O) groups excluding carboxylic acids is 6. The molecule has 0 saturated heterocycles. The molecule has 2 unspecified atom stereocenters. The van der Waals surface area contributed by atoms with Crippen LogP contribution in [0.15, 0.2) is 30.3 Å². The molecule has 1 aromatic carbocycles. The van der Waals surface area contributed by atoms with Gasteiger partial charge in [-0.25, -0.2) is 4.79 Å². The smallest absolute Gasteiger partial charge is 0.329 e. The molecule has 1 aromatic rings. The standard InChI is InChI=1S/C30H46N4O9/c1-29(2,3)42-25(37)16-14-22(28(40)43-30(4,5)6)34-27(39)21(33-24(36)17-31-7)13-15-23(35)32-18-26(38)41-19-20-11-9-8-10-12-20/h8-12,21-22,31H,13-19H2,1-7H3,(H,32,35)(H,33,36)(H,34,39). The van der Waals surface area contributed by atoms with Crippen molar-refractivity contribution in [2.45, 2.75) is 97.1 Å². The Kier molecular flexibility index (Phi) is 15.4. The minimum absolute atomic E-state index is 0.0576. The van der Waals surface area contributed by atoms with E-state index in [1.54, 1.807) is 60.7 Å². The van der Waals surface area contributed by atoms with E-state index >= 15 is 0 Å². The van der Waals surface area contributed by atoms with Crippen LogP contribution in [-0.2, 0) is 49.6 Å². The van der Waals surface area contributed by atoms with Gasteiger partial charge >= 0.3 is 17.9 Å². The van der Waals surface area contributed by atoms with Crippen molar-refractivity contribution < 1.29 is 43.0 Å². The lowest BCUT2D eigenvalue weighted by molar-refractivity contribution is -0.160. The second kappa shape index (κ2) is 17.8. The summed E-state index contributed by atoms with van der Waals surface area (Å²) in [4.78, 5) is 75.2. The monoisotopic (exact) mass is 606 g/mol. The zero-order valence-corrected chi connectivity index (χ0v) is 26.2. The molecule has 0 aliphatic heterocycles. The number of ether oxygens (including phenoxy) is 3. The molecule has 0 aromatic heterocycles. The normalized spacial score (nSPS) is 12.7. The van der Waals surface area contributed by atoms with E-state index in [1.165, 1.54) is 0 Å². The van der Waals surface area contributed by atoms with Crippen LogP contribution in [-0.4, -0.2) is 79.1 Å². The molecule has 0 aliphatic carbocycles. The van der Waals surface area contributed by atoms with Gasteiger partial charge in [-0.05, 0) is 67.0 Å². The predicted octanol–water partition coefficient (Wildman–Crippen LogP) is 1.28. The topological polar surface area (TPSA) is 178 Å². The minimum Gasteiger partial charge on any atom is -0.460 e. The van der Waals surface area contributed by atoms with Gasteiger partial charge in [0.25, 0.3) is 0 Å². The number of nitrogens with one attached hydrogen (secondary N) is 4. The highest BCUT2D eigenvalue weighted by atomic mass is 16.6. The minimum atomic E-state index is -1.23. The van der Waals surface area contributed by atoms with E-state index in [4.69, 9.17) is 14.2 Å². The van der Waals surface area contributed by atoms with Crippen LogP contribution in [0, 0.1) is 0 Å². The number of likely N-dealkylation sites (N-methyl/N-ethyl adjacent to an activating group) is 1. The van der Waals surface area contributed by atoms with E-state index in [2.05, 4.69) is 21.3 Å². The van der Waals surface area contributed by atoms with Crippen molar-refractivity contribution in [2.24, 2.45) is 0 Å². The molecule has 0 fully saturated rings. The quantitative estimate of drug-likeness (QED) is 0.158. The number of hydrogen-bond donors (Lipinski definition) is 4. The second-order valence-electron chi connectivity index (χ2n) is 11.8. The molecule has 43 heavy (non-hydrogen) atoms. The molecule has 1 rings (SSSR count). The molecule has 0 radical (unpaired) electrons. The molecule has 4 N–H and O–H groups in total. The maximum absolute atomic E-state index is 13.3. The van der Waals surface area contributed by atoms with Crippen LogP contribution in [0.25, 0.3) is 0 Å². The van der Waals surface area contributed by atoms with Gasteiger partial charge in [0.15, 0.2) is 0 Å². The Bertz CT molecular complexity index is 1100.